The third kappa shape index (κ3) is 5.13. The van der Waals surface area contributed by atoms with Crippen LogP contribution in [0.3, 0.4) is 0 Å². The van der Waals surface area contributed by atoms with Crippen LogP contribution in [-0.2, 0) is 0 Å². The first kappa shape index (κ1) is 17.6. The average Bonchev–Trinajstić information content (AvgIpc) is 3.17. The van der Waals surface area contributed by atoms with Crippen molar-refractivity contribution in [3.05, 3.63) is 34.9 Å². The Balaban J connectivity index is 0.00000200. The van der Waals surface area contributed by atoms with E-state index in [1.807, 2.05) is 19.2 Å². The van der Waals surface area contributed by atoms with Crippen molar-refractivity contribution in [2.45, 2.75) is 38.1 Å². The summed E-state index contributed by atoms with van der Waals surface area (Å²) in [4.78, 5) is 4.25. The molecule has 0 aromatic heterocycles. The Kier molecular flexibility index (Phi) is 7.66. The van der Waals surface area contributed by atoms with Gasteiger partial charge in [-0.1, -0.05) is 37.1 Å². The lowest BCUT2D eigenvalue weighted by molar-refractivity contribution is 0.724. The fourth-order valence-electron chi connectivity index (χ4n) is 2.21. The van der Waals surface area contributed by atoms with Crippen LogP contribution in [0.5, 0.6) is 0 Å². The van der Waals surface area contributed by atoms with E-state index in [1.165, 1.54) is 18.4 Å². The number of nitrogens with zero attached hydrogens (tertiary/aromatic N) is 1. The van der Waals surface area contributed by atoms with Crippen LogP contribution >= 0.6 is 35.6 Å². The maximum atomic E-state index is 6.03. The monoisotopic (exact) mass is 407 g/mol. The van der Waals surface area contributed by atoms with Gasteiger partial charge in [0.15, 0.2) is 5.96 Å². The number of hydrogen-bond donors (Lipinski definition) is 2. The molecule has 1 fully saturated rings. The highest BCUT2D eigenvalue weighted by Gasteiger charge is 2.38. The Hall–Kier alpha value is -0.490. The van der Waals surface area contributed by atoms with Gasteiger partial charge < -0.3 is 10.6 Å². The molecule has 2 unspecified atom stereocenters. The highest BCUT2D eigenvalue weighted by molar-refractivity contribution is 14.0. The number of unbranched alkanes of at least 4 members (excludes halogenated alkanes) is 1. The molecule has 1 saturated carbocycles. The van der Waals surface area contributed by atoms with Crippen molar-refractivity contribution in [3.8, 4) is 0 Å². The number of benzene rings is 1. The van der Waals surface area contributed by atoms with Crippen LogP contribution in [-0.4, -0.2) is 25.6 Å². The quantitative estimate of drug-likeness (QED) is 0.337. The van der Waals surface area contributed by atoms with Crippen LogP contribution < -0.4 is 10.6 Å². The summed E-state index contributed by atoms with van der Waals surface area (Å²) in [6.45, 7) is 3.17. The summed E-state index contributed by atoms with van der Waals surface area (Å²) < 4.78 is 0. The molecule has 1 aromatic carbocycles. The Morgan fingerprint density at radius 2 is 2.25 bits per heavy atom. The Labute approximate surface area is 143 Å². The first-order valence-corrected chi connectivity index (χ1v) is 7.35. The first-order chi connectivity index (χ1) is 9.24. The van der Waals surface area contributed by atoms with E-state index >= 15 is 0 Å². The molecule has 20 heavy (non-hydrogen) atoms. The number of nitrogens with one attached hydrogen (secondary N) is 2. The number of halogens is 2. The van der Waals surface area contributed by atoms with Gasteiger partial charge in [0.1, 0.15) is 0 Å². The molecule has 0 aliphatic heterocycles. The third-order valence-corrected chi connectivity index (χ3v) is 3.67. The van der Waals surface area contributed by atoms with Crippen LogP contribution in [0.25, 0.3) is 0 Å². The van der Waals surface area contributed by atoms with Gasteiger partial charge in [0.25, 0.3) is 0 Å². The van der Waals surface area contributed by atoms with Crippen molar-refractivity contribution in [1.29, 1.82) is 0 Å². The van der Waals surface area contributed by atoms with Crippen LogP contribution in [0, 0.1) is 0 Å². The van der Waals surface area contributed by atoms with Crippen molar-refractivity contribution in [3.63, 3.8) is 0 Å². The van der Waals surface area contributed by atoms with Gasteiger partial charge in [-0.2, -0.15) is 0 Å². The second-order valence-corrected chi connectivity index (χ2v) is 5.44. The average molecular weight is 408 g/mol. The van der Waals surface area contributed by atoms with Crippen LogP contribution in [0.15, 0.2) is 29.3 Å². The fourth-order valence-corrected chi connectivity index (χ4v) is 2.41. The van der Waals surface area contributed by atoms with Crippen LogP contribution in [0.2, 0.25) is 5.02 Å². The van der Waals surface area contributed by atoms with Gasteiger partial charge in [0, 0.05) is 30.6 Å². The van der Waals surface area contributed by atoms with Gasteiger partial charge in [-0.25, -0.2) is 0 Å². The summed E-state index contributed by atoms with van der Waals surface area (Å²) in [5.41, 5.74) is 1.31. The van der Waals surface area contributed by atoms with E-state index in [0.717, 1.165) is 23.9 Å². The fraction of sp³-hybridized carbons (Fsp3) is 0.533. The summed E-state index contributed by atoms with van der Waals surface area (Å²) in [5.74, 6) is 1.46. The molecule has 0 radical (unpaired) electrons. The highest BCUT2D eigenvalue weighted by atomic mass is 127. The summed E-state index contributed by atoms with van der Waals surface area (Å²) >= 11 is 6.03. The third-order valence-electron chi connectivity index (χ3n) is 3.44. The van der Waals surface area contributed by atoms with Gasteiger partial charge in [-0.3, -0.25) is 4.99 Å². The Bertz CT molecular complexity index is 450. The second-order valence-electron chi connectivity index (χ2n) is 5.00. The van der Waals surface area contributed by atoms with Gasteiger partial charge >= 0.3 is 0 Å². The molecule has 0 heterocycles. The minimum Gasteiger partial charge on any atom is -0.356 e. The Morgan fingerprint density at radius 1 is 1.45 bits per heavy atom. The number of aliphatic imine (C=N–C) groups is 1. The lowest BCUT2D eigenvalue weighted by atomic mass is 10.1. The van der Waals surface area contributed by atoms with Gasteiger partial charge in [0.2, 0.25) is 0 Å². The van der Waals surface area contributed by atoms with E-state index in [1.54, 1.807) is 0 Å². The molecule has 112 valence electrons. The second kappa shape index (κ2) is 8.72. The normalized spacial score (nSPS) is 21.1. The lowest BCUT2D eigenvalue weighted by Gasteiger charge is -2.11. The molecule has 2 N–H and O–H groups in total. The smallest absolute Gasteiger partial charge is 0.191 e. The van der Waals surface area contributed by atoms with E-state index in [2.05, 4.69) is 34.7 Å². The molecule has 0 spiro atoms. The maximum absolute atomic E-state index is 6.03. The molecule has 3 nitrogen and oxygen atoms in total. The minimum atomic E-state index is 0. The van der Waals surface area contributed by atoms with Crippen molar-refractivity contribution in [2.75, 3.05) is 13.6 Å². The molecule has 0 amide bonds. The molecular formula is C15H23ClIN3. The van der Waals surface area contributed by atoms with Crippen molar-refractivity contribution in [2.24, 2.45) is 4.99 Å². The summed E-state index contributed by atoms with van der Waals surface area (Å²) in [5, 5.41) is 7.61. The topological polar surface area (TPSA) is 36.4 Å². The maximum Gasteiger partial charge on any atom is 0.191 e. The SMILES string of the molecule is CCCCNC(=NC)NC1CC1c1cccc(Cl)c1.I. The summed E-state index contributed by atoms with van der Waals surface area (Å²) in [6, 6.07) is 8.61. The number of hydrogen-bond acceptors (Lipinski definition) is 1. The van der Waals surface area contributed by atoms with Gasteiger partial charge in [-0.15, -0.1) is 24.0 Å². The van der Waals surface area contributed by atoms with E-state index in [9.17, 15) is 0 Å². The zero-order valence-electron chi connectivity index (χ0n) is 12.0. The summed E-state index contributed by atoms with van der Waals surface area (Å²) in [6.07, 6.45) is 3.51. The molecule has 1 aromatic rings. The molecule has 0 saturated heterocycles. The van der Waals surface area contributed by atoms with E-state index < -0.39 is 0 Å². The van der Waals surface area contributed by atoms with E-state index in [-0.39, 0.29) is 24.0 Å². The highest BCUT2D eigenvalue weighted by Crippen LogP contribution is 2.41. The van der Waals surface area contributed by atoms with Crippen molar-refractivity contribution >= 4 is 41.5 Å². The molecule has 5 heteroatoms. The number of rotatable bonds is 5. The zero-order chi connectivity index (χ0) is 13.7. The minimum absolute atomic E-state index is 0. The van der Waals surface area contributed by atoms with Crippen LogP contribution in [0.1, 0.15) is 37.7 Å². The first-order valence-electron chi connectivity index (χ1n) is 6.97. The Morgan fingerprint density at radius 3 is 2.90 bits per heavy atom. The predicted octanol–water partition coefficient (Wildman–Crippen LogP) is 3.78. The molecule has 2 atom stereocenters. The standard InChI is InChI=1S/C15H22ClN3.HI/c1-3-4-8-18-15(17-2)19-14-10-13(14)11-6-5-7-12(16)9-11;/h5-7,9,13-14H,3-4,8,10H2,1-2H3,(H2,17,18,19);1H. The van der Waals surface area contributed by atoms with Gasteiger partial charge in [-0.05, 0) is 30.5 Å². The largest absolute Gasteiger partial charge is 0.356 e. The molecule has 1 aliphatic rings. The molecule has 1 aliphatic carbocycles. The number of guanidine groups is 1. The van der Waals surface area contributed by atoms with E-state index in [0.29, 0.717) is 12.0 Å². The molecule has 0 bridgehead atoms. The molecular weight excluding hydrogens is 385 g/mol. The predicted molar refractivity (Wildman–Crippen MR) is 97.4 cm³/mol. The zero-order valence-corrected chi connectivity index (χ0v) is 15.1. The lowest BCUT2D eigenvalue weighted by Crippen LogP contribution is -2.39. The molecule has 2 rings (SSSR count). The van der Waals surface area contributed by atoms with Crippen molar-refractivity contribution < 1.29 is 0 Å². The van der Waals surface area contributed by atoms with Crippen molar-refractivity contribution in [1.82, 2.24) is 10.6 Å². The summed E-state index contributed by atoms with van der Waals surface area (Å²) in [7, 11) is 1.82. The van der Waals surface area contributed by atoms with Crippen LogP contribution in [0.4, 0.5) is 0 Å². The van der Waals surface area contributed by atoms with E-state index in [4.69, 9.17) is 11.6 Å². The van der Waals surface area contributed by atoms with Gasteiger partial charge in [0.05, 0.1) is 0 Å².